The molecule has 0 amide bonds. The standard InChI is InChI=1S/C24H18/c1-3-17-16-19-11-6-8-14-22(19)24(20(17)4-2)23-15-9-12-18-10-5-7-13-21(18)23/h3-16H,1-2H2. The molecule has 0 bridgehead atoms. The van der Waals surface area contributed by atoms with Crippen LogP contribution in [-0.2, 0) is 0 Å². The summed E-state index contributed by atoms with van der Waals surface area (Å²) in [6.45, 7) is 8.06. The molecule has 0 N–H and O–H groups in total. The van der Waals surface area contributed by atoms with Crippen LogP contribution < -0.4 is 0 Å². The Morgan fingerprint density at radius 3 is 2.04 bits per heavy atom. The van der Waals surface area contributed by atoms with E-state index in [0.29, 0.717) is 0 Å². The molecule has 0 aliphatic rings. The van der Waals surface area contributed by atoms with Crippen LogP contribution in [-0.4, -0.2) is 0 Å². The number of benzene rings is 4. The zero-order valence-corrected chi connectivity index (χ0v) is 13.5. The second-order valence-corrected chi connectivity index (χ2v) is 5.91. The molecule has 0 saturated carbocycles. The molecule has 0 fully saturated rings. The van der Waals surface area contributed by atoms with Crippen LogP contribution in [0.4, 0.5) is 0 Å². The first kappa shape index (κ1) is 14.5. The van der Waals surface area contributed by atoms with E-state index in [9.17, 15) is 0 Å². The number of rotatable bonds is 3. The minimum atomic E-state index is 1.12. The highest BCUT2D eigenvalue weighted by molar-refractivity contribution is 6.09. The summed E-state index contributed by atoms with van der Waals surface area (Å²) in [6, 6.07) is 25.7. The second kappa shape index (κ2) is 5.82. The molecule has 0 radical (unpaired) electrons. The zero-order valence-electron chi connectivity index (χ0n) is 13.5. The summed E-state index contributed by atoms with van der Waals surface area (Å²) in [6.07, 6.45) is 3.86. The third kappa shape index (κ3) is 2.16. The maximum atomic E-state index is 4.06. The average Bonchev–Trinajstić information content (AvgIpc) is 2.66. The predicted molar refractivity (Wildman–Crippen MR) is 107 cm³/mol. The van der Waals surface area contributed by atoms with Gasteiger partial charge in [0.05, 0.1) is 0 Å². The van der Waals surface area contributed by atoms with Crippen LogP contribution >= 0.6 is 0 Å². The first-order valence-corrected chi connectivity index (χ1v) is 8.12. The Morgan fingerprint density at radius 2 is 1.29 bits per heavy atom. The molecule has 0 nitrogen and oxygen atoms in total. The summed E-state index contributed by atoms with van der Waals surface area (Å²) in [5.41, 5.74) is 4.73. The minimum absolute atomic E-state index is 1.12. The summed E-state index contributed by atoms with van der Waals surface area (Å²) in [5, 5.41) is 4.97. The largest absolute Gasteiger partial charge is 0.0984 e. The van der Waals surface area contributed by atoms with E-state index < -0.39 is 0 Å². The van der Waals surface area contributed by atoms with Crippen LogP contribution in [0.2, 0.25) is 0 Å². The summed E-state index contributed by atoms with van der Waals surface area (Å²) in [5.74, 6) is 0. The van der Waals surface area contributed by atoms with Gasteiger partial charge in [-0.3, -0.25) is 0 Å². The molecular weight excluding hydrogens is 288 g/mol. The molecule has 0 heterocycles. The number of fused-ring (bicyclic) bond motifs is 2. The van der Waals surface area contributed by atoms with Crippen molar-refractivity contribution in [3.8, 4) is 11.1 Å². The topological polar surface area (TPSA) is 0 Å². The van der Waals surface area contributed by atoms with Crippen molar-refractivity contribution in [2.45, 2.75) is 0 Å². The van der Waals surface area contributed by atoms with Crippen molar-refractivity contribution >= 4 is 33.7 Å². The van der Waals surface area contributed by atoms with Gasteiger partial charge >= 0.3 is 0 Å². The molecule has 114 valence electrons. The van der Waals surface area contributed by atoms with Crippen LogP contribution in [0.1, 0.15) is 11.1 Å². The monoisotopic (exact) mass is 306 g/mol. The van der Waals surface area contributed by atoms with Crippen molar-refractivity contribution < 1.29 is 0 Å². The van der Waals surface area contributed by atoms with Gasteiger partial charge in [0.1, 0.15) is 0 Å². The fourth-order valence-corrected chi connectivity index (χ4v) is 3.51. The highest BCUT2D eigenvalue weighted by Crippen LogP contribution is 2.39. The van der Waals surface area contributed by atoms with Gasteiger partial charge in [0.2, 0.25) is 0 Å². The molecule has 0 aliphatic carbocycles. The van der Waals surface area contributed by atoms with Gasteiger partial charge < -0.3 is 0 Å². The van der Waals surface area contributed by atoms with Crippen LogP contribution in [0.3, 0.4) is 0 Å². The van der Waals surface area contributed by atoms with E-state index in [1.807, 2.05) is 12.2 Å². The molecule has 0 unspecified atom stereocenters. The Balaban J connectivity index is 2.23. The Hall–Kier alpha value is -3.12. The summed E-state index contributed by atoms with van der Waals surface area (Å²) >= 11 is 0. The van der Waals surface area contributed by atoms with Crippen molar-refractivity contribution in [1.29, 1.82) is 0 Å². The second-order valence-electron chi connectivity index (χ2n) is 5.91. The van der Waals surface area contributed by atoms with Crippen molar-refractivity contribution in [3.05, 3.63) is 97.1 Å². The molecule has 0 aliphatic heterocycles. The molecule has 4 rings (SSSR count). The normalized spacial score (nSPS) is 10.8. The lowest BCUT2D eigenvalue weighted by Gasteiger charge is -2.16. The first-order chi connectivity index (χ1) is 11.8. The maximum absolute atomic E-state index is 4.06. The van der Waals surface area contributed by atoms with E-state index in [1.165, 1.54) is 32.7 Å². The third-order valence-corrected chi connectivity index (χ3v) is 4.60. The van der Waals surface area contributed by atoms with E-state index in [4.69, 9.17) is 0 Å². The highest BCUT2D eigenvalue weighted by atomic mass is 14.2. The summed E-state index contributed by atoms with van der Waals surface area (Å²) in [4.78, 5) is 0. The van der Waals surface area contributed by atoms with Gasteiger partial charge in [0.15, 0.2) is 0 Å². The van der Waals surface area contributed by atoms with E-state index >= 15 is 0 Å². The van der Waals surface area contributed by atoms with Crippen LogP contribution in [0.25, 0.3) is 44.8 Å². The van der Waals surface area contributed by atoms with Gasteiger partial charge in [-0.25, -0.2) is 0 Å². The summed E-state index contributed by atoms with van der Waals surface area (Å²) in [7, 11) is 0. The molecule has 24 heavy (non-hydrogen) atoms. The van der Waals surface area contributed by atoms with Crippen molar-refractivity contribution in [3.63, 3.8) is 0 Å². The Labute approximate surface area is 142 Å². The van der Waals surface area contributed by atoms with E-state index in [2.05, 4.69) is 86.0 Å². The van der Waals surface area contributed by atoms with Gasteiger partial charge in [-0.15, -0.1) is 0 Å². The molecule has 0 saturated heterocycles. The molecular formula is C24H18. The van der Waals surface area contributed by atoms with E-state index in [1.54, 1.807) is 0 Å². The number of hydrogen-bond acceptors (Lipinski definition) is 0. The minimum Gasteiger partial charge on any atom is -0.0984 e. The molecule has 0 spiro atoms. The smallest absolute Gasteiger partial charge is 0.00208 e. The van der Waals surface area contributed by atoms with E-state index in [-0.39, 0.29) is 0 Å². The Bertz CT molecular complexity index is 1080. The van der Waals surface area contributed by atoms with E-state index in [0.717, 1.165) is 11.1 Å². The Kier molecular flexibility index (Phi) is 3.51. The predicted octanol–water partition coefficient (Wildman–Crippen LogP) is 6.95. The van der Waals surface area contributed by atoms with Gasteiger partial charge in [-0.2, -0.15) is 0 Å². The van der Waals surface area contributed by atoms with Gasteiger partial charge in [-0.1, -0.05) is 92.0 Å². The van der Waals surface area contributed by atoms with Crippen LogP contribution in [0.5, 0.6) is 0 Å². The average molecular weight is 306 g/mol. The van der Waals surface area contributed by atoms with Gasteiger partial charge in [0.25, 0.3) is 0 Å². The fraction of sp³-hybridized carbons (Fsp3) is 0. The maximum Gasteiger partial charge on any atom is -0.00208 e. The molecule has 0 atom stereocenters. The Morgan fingerprint density at radius 1 is 0.625 bits per heavy atom. The fourth-order valence-electron chi connectivity index (χ4n) is 3.51. The van der Waals surface area contributed by atoms with Crippen molar-refractivity contribution in [2.24, 2.45) is 0 Å². The van der Waals surface area contributed by atoms with Crippen LogP contribution in [0, 0.1) is 0 Å². The zero-order chi connectivity index (χ0) is 16.5. The SMILES string of the molecule is C=Cc1cc2ccccc2c(-c2cccc3ccccc23)c1C=C. The molecule has 0 aromatic heterocycles. The van der Waals surface area contributed by atoms with Gasteiger partial charge in [0, 0.05) is 0 Å². The lowest BCUT2D eigenvalue weighted by atomic mass is 9.87. The highest BCUT2D eigenvalue weighted by Gasteiger charge is 2.13. The van der Waals surface area contributed by atoms with Crippen molar-refractivity contribution in [2.75, 3.05) is 0 Å². The first-order valence-electron chi connectivity index (χ1n) is 8.12. The lowest BCUT2D eigenvalue weighted by Crippen LogP contribution is -1.91. The van der Waals surface area contributed by atoms with Crippen LogP contribution in [0.15, 0.2) is 86.0 Å². The quantitative estimate of drug-likeness (QED) is 0.384. The third-order valence-electron chi connectivity index (χ3n) is 4.60. The molecule has 4 aromatic rings. The summed E-state index contributed by atoms with van der Waals surface area (Å²) < 4.78 is 0. The lowest BCUT2D eigenvalue weighted by molar-refractivity contribution is 1.63. The molecule has 0 heteroatoms. The van der Waals surface area contributed by atoms with Crippen molar-refractivity contribution in [1.82, 2.24) is 0 Å². The van der Waals surface area contributed by atoms with Gasteiger partial charge in [-0.05, 0) is 49.9 Å². The molecule has 4 aromatic carbocycles. The number of hydrogen-bond donors (Lipinski definition) is 0.